The van der Waals surface area contributed by atoms with Gasteiger partial charge in [-0.2, -0.15) is 0 Å². The first-order chi connectivity index (χ1) is 6.65. The van der Waals surface area contributed by atoms with E-state index in [-0.39, 0.29) is 6.10 Å². The third-order valence-corrected chi connectivity index (χ3v) is 3.01. The third kappa shape index (κ3) is 3.23. The summed E-state index contributed by atoms with van der Waals surface area (Å²) in [4.78, 5) is 2.36. The molecule has 0 amide bonds. The van der Waals surface area contributed by atoms with E-state index >= 15 is 0 Å². The largest absolute Gasteiger partial charge is 0.392 e. The van der Waals surface area contributed by atoms with Crippen molar-refractivity contribution in [3.05, 3.63) is 0 Å². The van der Waals surface area contributed by atoms with Gasteiger partial charge >= 0.3 is 0 Å². The summed E-state index contributed by atoms with van der Waals surface area (Å²) in [6.07, 6.45) is 0.896. The Hall–Kier alpha value is -0.120. The second-order valence-corrected chi connectivity index (χ2v) is 4.44. The molecule has 84 valence electrons. The van der Waals surface area contributed by atoms with Gasteiger partial charge in [0.1, 0.15) is 0 Å². The Morgan fingerprint density at radius 1 is 1.50 bits per heavy atom. The van der Waals surface area contributed by atoms with E-state index < -0.39 is 0 Å². The van der Waals surface area contributed by atoms with Gasteiger partial charge in [-0.3, -0.25) is 4.90 Å². The molecule has 0 radical (unpaired) electrons. The number of β-amino-alcohol motifs (C(OH)–C–C–N with tert-alkyl or cyclic N) is 1. The molecule has 1 N–H and O–H groups in total. The van der Waals surface area contributed by atoms with Crippen molar-refractivity contribution in [2.75, 3.05) is 26.3 Å². The highest BCUT2D eigenvalue weighted by atomic mass is 16.5. The molecule has 2 atom stereocenters. The summed E-state index contributed by atoms with van der Waals surface area (Å²) >= 11 is 0. The maximum atomic E-state index is 9.81. The van der Waals surface area contributed by atoms with Crippen LogP contribution < -0.4 is 0 Å². The Bertz CT molecular complexity index is 161. The minimum Gasteiger partial charge on any atom is -0.392 e. The summed E-state index contributed by atoms with van der Waals surface area (Å²) in [6, 6.07) is 0.497. The average molecular weight is 201 g/mol. The molecule has 0 bridgehead atoms. The van der Waals surface area contributed by atoms with E-state index in [4.69, 9.17) is 4.74 Å². The molecule has 1 aliphatic rings. The van der Waals surface area contributed by atoms with Gasteiger partial charge in [0.2, 0.25) is 0 Å². The Balaban J connectivity index is 2.40. The quantitative estimate of drug-likeness (QED) is 0.739. The van der Waals surface area contributed by atoms with Crippen molar-refractivity contribution in [1.82, 2.24) is 4.90 Å². The molecule has 14 heavy (non-hydrogen) atoms. The standard InChI is InChI=1S/C11H23NO2/c1-4-10-8-14-6-5-12(10)7-11(13)9(2)3/h9-11,13H,4-8H2,1-3H3. The van der Waals surface area contributed by atoms with E-state index in [0.29, 0.717) is 12.0 Å². The zero-order chi connectivity index (χ0) is 10.6. The van der Waals surface area contributed by atoms with Crippen LogP contribution in [0.15, 0.2) is 0 Å². The highest BCUT2D eigenvalue weighted by Crippen LogP contribution is 2.13. The summed E-state index contributed by atoms with van der Waals surface area (Å²) < 4.78 is 5.42. The maximum Gasteiger partial charge on any atom is 0.0690 e. The number of ether oxygens (including phenoxy) is 1. The van der Waals surface area contributed by atoms with E-state index in [9.17, 15) is 5.11 Å². The lowest BCUT2D eigenvalue weighted by Crippen LogP contribution is -2.48. The molecule has 0 aromatic carbocycles. The minimum absolute atomic E-state index is 0.206. The van der Waals surface area contributed by atoms with Crippen molar-refractivity contribution in [1.29, 1.82) is 0 Å². The number of aliphatic hydroxyl groups is 1. The second kappa shape index (κ2) is 5.69. The summed E-state index contributed by atoms with van der Waals surface area (Å²) in [7, 11) is 0. The summed E-state index contributed by atoms with van der Waals surface area (Å²) in [6.45, 7) is 9.68. The summed E-state index contributed by atoms with van der Waals surface area (Å²) in [5.41, 5.74) is 0. The van der Waals surface area contributed by atoms with Crippen molar-refractivity contribution in [3.8, 4) is 0 Å². The second-order valence-electron chi connectivity index (χ2n) is 4.44. The fourth-order valence-electron chi connectivity index (χ4n) is 1.76. The number of rotatable bonds is 4. The van der Waals surface area contributed by atoms with Crippen LogP contribution in [-0.4, -0.2) is 48.5 Å². The molecule has 3 heteroatoms. The molecule has 1 saturated heterocycles. The van der Waals surface area contributed by atoms with E-state index in [1.807, 2.05) is 0 Å². The predicted octanol–water partition coefficient (Wildman–Crippen LogP) is 1.11. The van der Waals surface area contributed by atoms with Gasteiger partial charge in [0.05, 0.1) is 19.3 Å². The van der Waals surface area contributed by atoms with Crippen molar-refractivity contribution in [3.63, 3.8) is 0 Å². The Labute approximate surface area is 87.1 Å². The van der Waals surface area contributed by atoms with Gasteiger partial charge < -0.3 is 9.84 Å². The smallest absolute Gasteiger partial charge is 0.0690 e. The molecule has 0 aliphatic carbocycles. The molecule has 0 aromatic heterocycles. The molecule has 3 nitrogen and oxygen atoms in total. The molecular weight excluding hydrogens is 178 g/mol. The first-order valence-corrected chi connectivity index (χ1v) is 5.65. The molecule has 2 unspecified atom stereocenters. The zero-order valence-electron chi connectivity index (χ0n) is 9.57. The lowest BCUT2D eigenvalue weighted by molar-refractivity contribution is -0.0339. The van der Waals surface area contributed by atoms with Gasteiger partial charge in [-0.25, -0.2) is 0 Å². The number of morpholine rings is 1. The van der Waals surface area contributed by atoms with E-state index in [2.05, 4.69) is 25.7 Å². The first kappa shape index (κ1) is 12.0. The lowest BCUT2D eigenvalue weighted by atomic mass is 10.1. The fourth-order valence-corrected chi connectivity index (χ4v) is 1.76. The number of nitrogens with zero attached hydrogens (tertiary/aromatic N) is 1. The monoisotopic (exact) mass is 201 g/mol. The number of hydrogen-bond donors (Lipinski definition) is 1. The number of aliphatic hydroxyl groups excluding tert-OH is 1. The molecular formula is C11H23NO2. The molecule has 0 aromatic rings. The van der Waals surface area contributed by atoms with E-state index in [1.165, 1.54) is 0 Å². The van der Waals surface area contributed by atoms with E-state index in [1.54, 1.807) is 0 Å². The SMILES string of the molecule is CCC1COCCN1CC(O)C(C)C. The summed E-state index contributed by atoms with van der Waals surface area (Å²) in [5.74, 6) is 0.343. The molecule has 1 fully saturated rings. The van der Waals surface area contributed by atoms with Gasteiger partial charge in [-0.05, 0) is 12.3 Å². The highest BCUT2D eigenvalue weighted by molar-refractivity contribution is 4.77. The van der Waals surface area contributed by atoms with Crippen molar-refractivity contribution in [2.24, 2.45) is 5.92 Å². The van der Waals surface area contributed by atoms with Crippen LogP contribution in [0.2, 0.25) is 0 Å². The van der Waals surface area contributed by atoms with Gasteiger partial charge in [0, 0.05) is 19.1 Å². The van der Waals surface area contributed by atoms with Crippen LogP contribution in [0.1, 0.15) is 27.2 Å². The van der Waals surface area contributed by atoms with Crippen molar-refractivity contribution >= 4 is 0 Å². The van der Waals surface area contributed by atoms with Crippen molar-refractivity contribution < 1.29 is 9.84 Å². The molecule has 0 spiro atoms. The third-order valence-electron chi connectivity index (χ3n) is 3.01. The highest BCUT2D eigenvalue weighted by Gasteiger charge is 2.24. The van der Waals surface area contributed by atoms with Gasteiger partial charge in [0.25, 0.3) is 0 Å². The van der Waals surface area contributed by atoms with Crippen LogP contribution in [0.4, 0.5) is 0 Å². The van der Waals surface area contributed by atoms with Crippen molar-refractivity contribution in [2.45, 2.75) is 39.3 Å². The topological polar surface area (TPSA) is 32.7 Å². The Kier molecular flexibility index (Phi) is 4.85. The van der Waals surface area contributed by atoms with Crippen LogP contribution in [0.5, 0.6) is 0 Å². The minimum atomic E-state index is -0.206. The van der Waals surface area contributed by atoms with Crippen LogP contribution in [0, 0.1) is 5.92 Å². The summed E-state index contributed by atoms with van der Waals surface area (Å²) in [5, 5.41) is 9.81. The van der Waals surface area contributed by atoms with E-state index in [0.717, 1.165) is 32.7 Å². The molecule has 1 heterocycles. The number of hydrogen-bond acceptors (Lipinski definition) is 3. The van der Waals surface area contributed by atoms with Crippen LogP contribution in [-0.2, 0) is 4.74 Å². The van der Waals surface area contributed by atoms with Gasteiger partial charge in [-0.1, -0.05) is 20.8 Å². The normalized spacial score (nSPS) is 26.8. The average Bonchev–Trinajstić information content (AvgIpc) is 2.18. The predicted molar refractivity (Wildman–Crippen MR) is 57.3 cm³/mol. The molecule has 1 rings (SSSR count). The fraction of sp³-hybridized carbons (Fsp3) is 1.00. The molecule has 1 aliphatic heterocycles. The lowest BCUT2D eigenvalue weighted by Gasteiger charge is -2.36. The van der Waals surface area contributed by atoms with Crippen LogP contribution in [0.3, 0.4) is 0 Å². The maximum absolute atomic E-state index is 9.81. The first-order valence-electron chi connectivity index (χ1n) is 5.65. The van der Waals surface area contributed by atoms with Crippen LogP contribution in [0.25, 0.3) is 0 Å². The zero-order valence-corrected chi connectivity index (χ0v) is 9.57. The Morgan fingerprint density at radius 2 is 2.21 bits per heavy atom. The Morgan fingerprint density at radius 3 is 2.79 bits per heavy atom. The van der Waals surface area contributed by atoms with Crippen LogP contribution >= 0.6 is 0 Å². The molecule has 0 saturated carbocycles. The van der Waals surface area contributed by atoms with Gasteiger partial charge in [0.15, 0.2) is 0 Å². The van der Waals surface area contributed by atoms with Gasteiger partial charge in [-0.15, -0.1) is 0 Å².